The molecule has 0 spiro atoms. The molecular formula is C19H19N3O3S2. The Labute approximate surface area is 165 Å². The molecule has 0 atom stereocenters. The molecule has 0 aliphatic heterocycles. The second kappa shape index (κ2) is 9.38. The summed E-state index contributed by atoms with van der Waals surface area (Å²) in [6.07, 6.45) is 1.92. The summed E-state index contributed by atoms with van der Waals surface area (Å²) in [7, 11) is 0. The molecule has 3 aromatic rings. The smallest absolute Gasteiger partial charge is 0.306 e. The van der Waals surface area contributed by atoms with Gasteiger partial charge in [-0.3, -0.25) is 9.59 Å². The molecular weight excluding hydrogens is 382 g/mol. The highest BCUT2D eigenvalue weighted by atomic mass is 32.1. The number of rotatable bonds is 8. The molecule has 27 heavy (non-hydrogen) atoms. The first-order valence-electron chi connectivity index (χ1n) is 8.53. The van der Waals surface area contributed by atoms with E-state index < -0.39 is 0 Å². The Morgan fingerprint density at radius 1 is 1.11 bits per heavy atom. The maximum atomic E-state index is 12.2. The minimum absolute atomic E-state index is 0.0264. The van der Waals surface area contributed by atoms with Crippen molar-refractivity contribution in [2.24, 2.45) is 0 Å². The molecule has 140 valence electrons. The standard InChI is InChI=1S/C19H19N3O3S2/c1-2-13-3-6-15(7-4-13)20-18(24)19-22-21-16(27-19)11-25-17(23)8-5-14-9-10-26-12-14/h3-4,6-7,9-10,12H,2,5,8,11H2,1H3,(H,20,24). The summed E-state index contributed by atoms with van der Waals surface area (Å²) < 4.78 is 5.20. The zero-order valence-corrected chi connectivity index (χ0v) is 16.4. The first kappa shape index (κ1) is 19.2. The van der Waals surface area contributed by atoms with Crippen molar-refractivity contribution in [3.05, 3.63) is 62.2 Å². The molecule has 0 aliphatic carbocycles. The highest BCUT2D eigenvalue weighted by molar-refractivity contribution is 7.13. The number of benzene rings is 1. The number of amides is 1. The van der Waals surface area contributed by atoms with Crippen molar-refractivity contribution in [1.29, 1.82) is 0 Å². The quantitative estimate of drug-likeness (QED) is 0.575. The number of ether oxygens (including phenoxy) is 1. The van der Waals surface area contributed by atoms with E-state index in [1.54, 1.807) is 11.3 Å². The number of carbonyl (C=O) groups is 2. The predicted octanol–water partition coefficient (Wildman–Crippen LogP) is 4.09. The van der Waals surface area contributed by atoms with E-state index in [-0.39, 0.29) is 23.5 Å². The fraction of sp³-hybridized carbons (Fsp3) is 0.263. The number of esters is 1. The van der Waals surface area contributed by atoms with Crippen LogP contribution in [0.25, 0.3) is 0 Å². The summed E-state index contributed by atoms with van der Waals surface area (Å²) >= 11 is 2.72. The van der Waals surface area contributed by atoms with Crippen molar-refractivity contribution in [2.75, 3.05) is 5.32 Å². The summed E-state index contributed by atoms with van der Waals surface area (Å²) in [5, 5.41) is 15.3. The van der Waals surface area contributed by atoms with E-state index in [9.17, 15) is 9.59 Å². The second-order valence-electron chi connectivity index (χ2n) is 5.80. The summed E-state index contributed by atoms with van der Waals surface area (Å²) in [6.45, 7) is 2.10. The minimum Gasteiger partial charge on any atom is -0.458 e. The lowest BCUT2D eigenvalue weighted by molar-refractivity contribution is -0.144. The lowest BCUT2D eigenvalue weighted by Gasteiger charge is -2.03. The largest absolute Gasteiger partial charge is 0.458 e. The van der Waals surface area contributed by atoms with Gasteiger partial charge in [-0.2, -0.15) is 11.3 Å². The molecule has 0 unspecified atom stereocenters. The Hall–Kier alpha value is -2.58. The summed E-state index contributed by atoms with van der Waals surface area (Å²) in [5.74, 6) is -0.620. The van der Waals surface area contributed by atoms with Crippen LogP contribution in [-0.2, 0) is 29.0 Å². The average Bonchev–Trinajstić information content (AvgIpc) is 3.37. The second-order valence-corrected chi connectivity index (χ2v) is 7.64. The van der Waals surface area contributed by atoms with E-state index in [1.807, 2.05) is 41.1 Å². The molecule has 0 bridgehead atoms. The van der Waals surface area contributed by atoms with Gasteiger partial charge in [0.2, 0.25) is 5.01 Å². The van der Waals surface area contributed by atoms with Crippen molar-refractivity contribution >= 4 is 40.2 Å². The van der Waals surface area contributed by atoms with Gasteiger partial charge in [0, 0.05) is 12.1 Å². The summed E-state index contributed by atoms with van der Waals surface area (Å²) in [4.78, 5) is 24.0. The van der Waals surface area contributed by atoms with Crippen LogP contribution in [0.1, 0.15) is 39.3 Å². The van der Waals surface area contributed by atoms with Crippen molar-refractivity contribution in [3.63, 3.8) is 0 Å². The molecule has 1 aromatic carbocycles. The van der Waals surface area contributed by atoms with Gasteiger partial charge in [-0.1, -0.05) is 30.4 Å². The van der Waals surface area contributed by atoms with Crippen LogP contribution in [0.2, 0.25) is 0 Å². The van der Waals surface area contributed by atoms with Gasteiger partial charge >= 0.3 is 5.97 Å². The van der Waals surface area contributed by atoms with Gasteiger partial charge in [-0.05, 0) is 52.9 Å². The lowest BCUT2D eigenvalue weighted by atomic mass is 10.1. The molecule has 2 aromatic heterocycles. The third-order valence-corrected chi connectivity index (χ3v) is 5.46. The predicted molar refractivity (Wildman–Crippen MR) is 106 cm³/mol. The molecule has 2 heterocycles. The zero-order valence-electron chi connectivity index (χ0n) is 14.8. The van der Waals surface area contributed by atoms with E-state index in [4.69, 9.17) is 4.74 Å². The highest BCUT2D eigenvalue weighted by Gasteiger charge is 2.14. The number of aromatic nitrogens is 2. The van der Waals surface area contributed by atoms with Crippen LogP contribution in [0.3, 0.4) is 0 Å². The van der Waals surface area contributed by atoms with Crippen LogP contribution >= 0.6 is 22.7 Å². The van der Waals surface area contributed by atoms with Gasteiger partial charge in [-0.25, -0.2) is 0 Å². The van der Waals surface area contributed by atoms with Gasteiger partial charge < -0.3 is 10.1 Å². The van der Waals surface area contributed by atoms with Crippen molar-refractivity contribution in [1.82, 2.24) is 10.2 Å². The fourth-order valence-electron chi connectivity index (χ4n) is 2.31. The molecule has 0 radical (unpaired) electrons. The maximum Gasteiger partial charge on any atom is 0.306 e. The maximum absolute atomic E-state index is 12.2. The minimum atomic E-state index is -0.327. The zero-order chi connectivity index (χ0) is 19.1. The number of nitrogens with one attached hydrogen (secondary N) is 1. The molecule has 8 heteroatoms. The molecule has 0 fully saturated rings. The molecule has 1 amide bonds. The molecule has 1 N–H and O–H groups in total. The van der Waals surface area contributed by atoms with Gasteiger partial charge in [0.15, 0.2) is 5.01 Å². The van der Waals surface area contributed by atoms with Gasteiger partial charge in [0.05, 0.1) is 0 Å². The van der Waals surface area contributed by atoms with Crippen molar-refractivity contribution in [3.8, 4) is 0 Å². The third-order valence-electron chi connectivity index (χ3n) is 3.84. The number of carbonyl (C=O) groups excluding carboxylic acids is 2. The average molecular weight is 402 g/mol. The van der Waals surface area contributed by atoms with Crippen LogP contribution in [-0.4, -0.2) is 22.1 Å². The van der Waals surface area contributed by atoms with Crippen LogP contribution < -0.4 is 5.32 Å². The van der Waals surface area contributed by atoms with Crippen LogP contribution in [0.15, 0.2) is 41.1 Å². The first-order chi connectivity index (χ1) is 13.1. The van der Waals surface area contributed by atoms with E-state index >= 15 is 0 Å². The van der Waals surface area contributed by atoms with E-state index in [0.29, 0.717) is 23.5 Å². The Bertz CT molecular complexity index is 889. The molecule has 3 rings (SSSR count). The van der Waals surface area contributed by atoms with E-state index in [1.165, 1.54) is 5.56 Å². The van der Waals surface area contributed by atoms with E-state index in [2.05, 4.69) is 22.4 Å². The Balaban J connectivity index is 1.46. The first-order valence-corrected chi connectivity index (χ1v) is 10.3. The topological polar surface area (TPSA) is 81.2 Å². The van der Waals surface area contributed by atoms with Crippen molar-refractivity contribution < 1.29 is 14.3 Å². The number of hydrogen-bond acceptors (Lipinski definition) is 7. The lowest BCUT2D eigenvalue weighted by Crippen LogP contribution is -2.11. The van der Waals surface area contributed by atoms with Crippen LogP contribution in [0.4, 0.5) is 5.69 Å². The van der Waals surface area contributed by atoms with E-state index in [0.717, 1.165) is 23.3 Å². The SMILES string of the molecule is CCc1ccc(NC(=O)c2nnc(COC(=O)CCc3ccsc3)s2)cc1. The summed E-state index contributed by atoms with van der Waals surface area (Å²) in [5.41, 5.74) is 3.03. The molecule has 0 aliphatic rings. The highest BCUT2D eigenvalue weighted by Crippen LogP contribution is 2.16. The Morgan fingerprint density at radius 2 is 1.93 bits per heavy atom. The normalized spacial score (nSPS) is 10.6. The Kier molecular flexibility index (Phi) is 6.67. The number of nitrogens with zero attached hydrogens (tertiary/aromatic N) is 2. The fourth-order valence-corrected chi connectivity index (χ4v) is 3.66. The van der Waals surface area contributed by atoms with Crippen LogP contribution in [0.5, 0.6) is 0 Å². The number of hydrogen-bond donors (Lipinski definition) is 1. The number of aryl methyl sites for hydroxylation is 2. The molecule has 6 nitrogen and oxygen atoms in total. The van der Waals surface area contributed by atoms with Crippen LogP contribution in [0, 0.1) is 0 Å². The Morgan fingerprint density at radius 3 is 2.63 bits per heavy atom. The third kappa shape index (κ3) is 5.70. The monoisotopic (exact) mass is 401 g/mol. The van der Waals surface area contributed by atoms with Crippen molar-refractivity contribution in [2.45, 2.75) is 32.8 Å². The molecule has 0 saturated heterocycles. The molecule has 0 saturated carbocycles. The van der Waals surface area contributed by atoms with Gasteiger partial charge in [0.25, 0.3) is 5.91 Å². The van der Waals surface area contributed by atoms with Gasteiger partial charge in [0.1, 0.15) is 6.61 Å². The van der Waals surface area contributed by atoms with Gasteiger partial charge in [-0.15, -0.1) is 10.2 Å². The summed E-state index contributed by atoms with van der Waals surface area (Å²) in [6, 6.07) is 9.64. The number of anilines is 1. The number of thiophene rings is 1.